The normalized spacial score (nSPS) is 34.2. The van der Waals surface area contributed by atoms with Crippen molar-refractivity contribution in [1.82, 2.24) is 9.97 Å². The molecule has 2 aromatic heterocycles. The molecule has 0 bridgehead atoms. The highest BCUT2D eigenvalue weighted by molar-refractivity contribution is 5.46. The molecule has 0 aromatic carbocycles. The molecule has 1 fully saturated rings. The minimum atomic E-state index is 0.677. The van der Waals surface area contributed by atoms with Crippen molar-refractivity contribution < 1.29 is 0 Å². The van der Waals surface area contributed by atoms with Crippen molar-refractivity contribution in [3.05, 3.63) is 59.2 Å². The maximum atomic E-state index is 4.65. The molecule has 3 aliphatic rings. The third-order valence-electron chi connectivity index (χ3n) is 5.27. The molecule has 1 saturated carbocycles. The largest absolute Gasteiger partial charge is 0.261 e. The van der Waals surface area contributed by atoms with Crippen molar-refractivity contribution in [2.45, 2.75) is 24.7 Å². The molecule has 2 heterocycles. The molecular formula is C16H14N2. The quantitative estimate of drug-likeness (QED) is 0.700. The lowest BCUT2D eigenvalue weighted by Gasteiger charge is -2.45. The Morgan fingerprint density at radius 2 is 1.72 bits per heavy atom. The van der Waals surface area contributed by atoms with Crippen LogP contribution in [0.2, 0.25) is 0 Å². The molecule has 2 nitrogen and oxygen atoms in total. The highest BCUT2D eigenvalue weighted by Crippen LogP contribution is 2.66. The van der Waals surface area contributed by atoms with E-state index in [1.165, 1.54) is 35.4 Å². The lowest BCUT2D eigenvalue weighted by molar-refractivity contribution is 0.120. The Kier molecular flexibility index (Phi) is 1.54. The second-order valence-corrected chi connectivity index (χ2v) is 5.87. The Balaban J connectivity index is 1.66. The van der Waals surface area contributed by atoms with Crippen molar-refractivity contribution >= 4 is 0 Å². The van der Waals surface area contributed by atoms with E-state index in [4.69, 9.17) is 0 Å². The van der Waals surface area contributed by atoms with Gasteiger partial charge in [0.15, 0.2) is 0 Å². The summed E-state index contributed by atoms with van der Waals surface area (Å²) >= 11 is 0. The zero-order valence-electron chi connectivity index (χ0n) is 10.1. The molecule has 0 spiro atoms. The van der Waals surface area contributed by atoms with Crippen LogP contribution >= 0.6 is 0 Å². The average molecular weight is 234 g/mol. The lowest BCUT2D eigenvalue weighted by atomic mass is 9.58. The molecule has 5 rings (SSSR count). The van der Waals surface area contributed by atoms with E-state index < -0.39 is 0 Å². The van der Waals surface area contributed by atoms with Gasteiger partial charge in [0, 0.05) is 29.7 Å². The average Bonchev–Trinajstić information content (AvgIpc) is 2.89. The van der Waals surface area contributed by atoms with E-state index in [0.29, 0.717) is 11.8 Å². The van der Waals surface area contributed by atoms with Crippen LogP contribution in [-0.2, 0) is 12.8 Å². The zero-order valence-corrected chi connectivity index (χ0v) is 10.1. The van der Waals surface area contributed by atoms with Gasteiger partial charge in [-0.15, -0.1) is 0 Å². The highest BCUT2D eigenvalue weighted by Gasteiger charge is 2.58. The summed E-state index contributed by atoms with van der Waals surface area (Å²) in [5.74, 6) is 3.04. The summed E-state index contributed by atoms with van der Waals surface area (Å²) in [6.07, 6.45) is 6.32. The fourth-order valence-corrected chi connectivity index (χ4v) is 4.60. The van der Waals surface area contributed by atoms with Crippen LogP contribution in [-0.4, -0.2) is 9.97 Å². The minimum absolute atomic E-state index is 0.677. The van der Waals surface area contributed by atoms with E-state index in [0.717, 1.165) is 11.8 Å². The Labute approximate surface area is 106 Å². The predicted molar refractivity (Wildman–Crippen MR) is 68.3 cm³/mol. The zero-order chi connectivity index (χ0) is 11.7. The maximum Gasteiger partial charge on any atom is 0.0475 e. The molecule has 2 aromatic rings. The number of aromatic nitrogens is 2. The third-order valence-corrected chi connectivity index (χ3v) is 5.27. The van der Waals surface area contributed by atoms with Gasteiger partial charge in [-0.3, -0.25) is 9.97 Å². The van der Waals surface area contributed by atoms with Gasteiger partial charge in [0.1, 0.15) is 0 Å². The summed E-state index contributed by atoms with van der Waals surface area (Å²) < 4.78 is 0. The molecule has 4 atom stereocenters. The predicted octanol–water partition coefficient (Wildman–Crippen LogP) is 2.70. The molecule has 0 amide bonds. The minimum Gasteiger partial charge on any atom is -0.261 e. The summed E-state index contributed by atoms with van der Waals surface area (Å²) in [7, 11) is 0. The van der Waals surface area contributed by atoms with Gasteiger partial charge in [-0.2, -0.15) is 0 Å². The van der Waals surface area contributed by atoms with Crippen LogP contribution in [0.1, 0.15) is 34.4 Å². The number of hydrogen-bond acceptors (Lipinski definition) is 2. The highest BCUT2D eigenvalue weighted by atomic mass is 14.8. The number of nitrogens with zero attached hydrogens (tertiary/aromatic N) is 2. The van der Waals surface area contributed by atoms with Crippen molar-refractivity contribution in [1.29, 1.82) is 0 Å². The molecule has 0 aliphatic heterocycles. The van der Waals surface area contributed by atoms with E-state index in [2.05, 4.69) is 34.2 Å². The number of rotatable bonds is 0. The fourth-order valence-electron chi connectivity index (χ4n) is 4.60. The van der Waals surface area contributed by atoms with E-state index >= 15 is 0 Å². The summed E-state index contributed by atoms with van der Waals surface area (Å²) in [5, 5.41) is 0. The Morgan fingerprint density at radius 1 is 0.889 bits per heavy atom. The molecular weight excluding hydrogens is 220 g/mol. The van der Waals surface area contributed by atoms with Gasteiger partial charge >= 0.3 is 0 Å². The van der Waals surface area contributed by atoms with Crippen LogP contribution in [0.25, 0.3) is 0 Å². The molecule has 18 heavy (non-hydrogen) atoms. The van der Waals surface area contributed by atoms with E-state index in [-0.39, 0.29) is 0 Å². The van der Waals surface area contributed by atoms with Crippen LogP contribution in [0.4, 0.5) is 0 Å². The van der Waals surface area contributed by atoms with Crippen LogP contribution in [0.15, 0.2) is 36.7 Å². The standard InChI is InChI=1S/C16H14N2/c1-3-9-7-11-12-8-13-10(4-2-5-17-13)14(12)15(11)16(9)18-6-1/h1-6,11-12,14-15H,7-8H2. The first-order valence-corrected chi connectivity index (χ1v) is 6.81. The fraction of sp³-hybridized carbons (Fsp3) is 0.375. The van der Waals surface area contributed by atoms with Crippen LogP contribution in [0.5, 0.6) is 0 Å². The van der Waals surface area contributed by atoms with Crippen molar-refractivity contribution in [2.75, 3.05) is 0 Å². The summed E-state index contributed by atoms with van der Waals surface area (Å²) in [4.78, 5) is 9.22. The topological polar surface area (TPSA) is 25.8 Å². The maximum absolute atomic E-state index is 4.65. The van der Waals surface area contributed by atoms with E-state index in [1.807, 2.05) is 12.4 Å². The van der Waals surface area contributed by atoms with Crippen molar-refractivity contribution in [3.63, 3.8) is 0 Å². The first-order chi connectivity index (χ1) is 8.93. The number of fused-ring (bicyclic) bond motifs is 8. The smallest absolute Gasteiger partial charge is 0.0475 e. The first-order valence-electron chi connectivity index (χ1n) is 6.81. The van der Waals surface area contributed by atoms with E-state index in [9.17, 15) is 0 Å². The van der Waals surface area contributed by atoms with Gasteiger partial charge in [0.2, 0.25) is 0 Å². The number of pyridine rings is 2. The summed E-state index contributed by atoms with van der Waals surface area (Å²) in [5.41, 5.74) is 5.72. The van der Waals surface area contributed by atoms with E-state index in [1.54, 1.807) is 0 Å². The van der Waals surface area contributed by atoms with Crippen LogP contribution in [0, 0.1) is 11.8 Å². The molecule has 2 heteroatoms. The van der Waals surface area contributed by atoms with Gasteiger partial charge < -0.3 is 0 Å². The van der Waals surface area contributed by atoms with Gasteiger partial charge in [-0.1, -0.05) is 12.1 Å². The Morgan fingerprint density at radius 3 is 2.72 bits per heavy atom. The lowest BCUT2D eigenvalue weighted by Crippen LogP contribution is -2.38. The van der Waals surface area contributed by atoms with Gasteiger partial charge in [0.25, 0.3) is 0 Å². The summed E-state index contributed by atoms with van der Waals surface area (Å²) in [6.45, 7) is 0. The molecule has 88 valence electrons. The second kappa shape index (κ2) is 3.00. The molecule has 4 unspecified atom stereocenters. The van der Waals surface area contributed by atoms with Crippen LogP contribution in [0.3, 0.4) is 0 Å². The van der Waals surface area contributed by atoms with Crippen molar-refractivity contribution in [2.24, 2.45) is 11.8 Å². The second-order valence-electron chi connectivity index (χ2n) is 5.87. The van der Waals surface area contributed by atoms with Crippen molar-refractivity contribution in [3.8, 4) is 0 Å². The Hall–Kier alpha value is -1.70. The SMILES string of the molecule is c1cnc2c(c1)CC1C3Cc4ncccc4C3C21. The number of hydrogen-bond donors (Lipinski definition) is 0. The third kappa shape index (κ3) is 0.925. The van der Waals surface area contributed by atoms with Gasteiger partial charge in [-0.25, -0.2) is 0 Å². The first kappa shape index (κ1) is 9.26. The monoisotopic (exact) mass is 234 g/mol. The Bertz CT molecular complexity index is 592. The van der Waals surface area contributed by atoms with Crippen LogP contribution < -0.4 is 0 Å². The molecule has 0 N–H and O–H groups in total. The summed E-state index contributed by atoms with van der Waals surface area (Å²) in [6, 6.07) is 8.71. The molecule has 0 saturated heterocycles. The van der Waals surface area contributed by atoms with Gasteiger partial charge in [0.05, 0.1) is 0 Å². The molecule has 0 radical (unpaired) electrons. The van der Waals surface area contributed by atoms with Gasteiger partial charge in [-0.05, 0) is 53.9 Å². The molecule has 3 aliphatic carbocycles.